The Kier molecular flexibility index (Phi) is 8.50. The van der Waals surface area contributed by atoms with Crippen LogP contribution in [0.5, 0.6) is 11.6 Å². The number of carbonyl (C=O) groups excluding carboxylic acids is 2. The van der Waals surface area contributed by atoms with Crippen LogP contribution in [0.1, 0.15) is 70.9 Å². The molecule has 11 nitrogen and oxygen atoms in total. The van der Waals surface area contributed by atoms with E-state index < -0.39 is 33.1 Å². The van der Waals surface area contributed by atoms with Crippen molar-refractivity contribution >= 4 is 39.0 Å². The molecule has 5 aliphatic rings. The van der Waals surface area contributed by atoms with Crippen LogP contribution in [-0.2, 0) is 23.4 Å². The quantitative estimate of drug-likeness (QED) is 0.334. The molecule has 3 heterocycles. The molecule has 0 radical (unpaired) electrons. The molecule has 51 heavy (non-hydrogen) atoms. The Labute approximate surface area is 303 Å². The molecule has 2 saturated carbocycles. The summed E-state index contributed by atoms with van der Waals surface area (Å²) in [7, 11) is -0.651. The lowest BCUT2D eigenvalue weighted by atomic mass is 9.74. The number of methoxy groups -OCH3 is 1. The second-order valence-corrected chi connectivity index (χ2v) is 17.9. The van der Waals surface area contributed by atoms with Crippen molar-refractivity contribution in [3.8, 4) is 11.6 Å². The number of aliphatic hydroxyl groups excluding tert-OH is 1. The maximum atomic E-state index is 14.8. The lowest BCUT2D eigenvalue weighted by Crippen LogP contribution is -2.41. The summed E-state index contributed by atoms with van der Waals surface area (Å²) in [5.41, 5.74) is 3.64. The minimum atomic E-state index is -3.69. The van der Waals surface area contributed by atoms with Crippen molar-refractivity contribution in [2.24, 2.45) is 40.5 Å². The van der Waals surface area contributed by atoms with E-state index in [2.05, 4.69) is 31.2 Å². The molecular formula is C38H44ClN5O6S. The number of aryl methyl sites for hydroxylation is 2. The third kappa shape index (κ3) is 6.02. The van der Waals surface area contributed by atoms with Crippen molar-refractivity contribution in [3.63, 3.8) is 0 Å². The number of amides is 2. The molecule has 2 aliphatic heterocycles. The fraction of sp³-hybridized carbons (Fsp3) is 0.500. The first-order valence-corrected chi connectivity index (χ1v) is 19.7. The summed E-state index contributed by atoms with van der Waals surface area (Å²) in [5, 5.41) is 15.5. The Bertz CT molecular complexity index is 2070. The highest BCUT2D eigenvalue weighted by atomic mass is 35.5. The van der Waals surface area contributed by atoms with E-state index in [-0.39, 0.29) is 40.2 Å². The number of rotatable bonds is 3. The van der Waals surface area contributed by atoms with Gasteiger partial charge in [-0.25, -0.2) is 4.21 Å². The highest BCUT2D eigenvalue weighted by Gasteiger charge is 2.80. The SMILES string of the molecule is COc1nn(C)cc1C(=O)NS1(=O)=NC(=O)c2ccc3c(c2)N(CC2c4ccc(Cl)cc4CCC2CO3)C[C@]23CC2[C@H]3[C@@H](O)/C=C/C[C@H](C)[C@H]1C. The van der Waals surface area contributed by atoms with Crippen LogP contribution >= 0.6 is 11.6 Å². The zero-order valence-electron chi connectivity index (χ0n) is 29.3. The number of carbonyl (C=O) groups is 2. The monoisotopic (exact) mass is 733 g/mol. The van der Waals surface area contributed by atoms with Gasteiger partial charge in [0.2, 0.25) is 5.88 Å². The molecule has 3 aliphatic carbocycles. The van der Waals surface area contributed by atoms with Gasteiger partial charge in [0, 0.05) is 48.8 Å². The highest BCUT2D eigenvalue weighted by molar-refractivity contribution is 7.93. The van der Waals surface area contributed by atoms with Gasteiger partial charge in [-0.15, -0.1) is 9.46 Å². The number of ether oxygens (including phenoxy) is 2. The minimum absolute atomic E-state index is 0.000464. The van der Waals surface area contributed by atoms with E-state index in [0.29, 0.717) is 37.2 Å². The van der Waals surface area contributed by atoms with Gasteiger partial charge in [-0.05, 0) is 97.2 Å². The number of benzene rings is 2. The Morgan fingerprint density at radius 2 is 2.04 bits per heavy atom. The average molecular weight is 734 g/mol. The number of fused-ring (bicyclic) bond motifs is 5. The van der Waals surface area contributed by atoms with Crippen molar-refractivity contribution in [2.75, 3.05) is 31.7 Å². The van der Waals surface area contributed by atoms with Gasteiger partial charge in [0.15, 0.2) is 0 Å². The van der Waals surface area contributed by atoms with E-state index in [1.54, 1.807) is 26.1 Å². The number of anilines is 1. The van der Waals surface area contributed by atoms with Crippen LogP contribution in [0.4, 0.5) is 5.69 Å². The second kappa shape index (κ2) is 12.7. The van der Waals surface area contributed by atoms with Crippen LogP contribution < -0.4 is 19.1 Å². The zero-order valence-corrected chi connectivity index (χ0v) is 30.8. The number of halogens is 1. The average Bonchev–Trinajstić information content (AvgIpc) is 3.91. The van der Waals surface area contributed by atoms with Gasteiger partial charge < -0.3 is 19.5 Å². The summed E-state index contributed by atoms with van der Waals surface area (Å²) in [6.07, 6.45) is 8.11. The number of hydrogen-bond donors (Lipinski definition) is 2. The predicted octanol–water partition coefficient (Wildman–Crippen LogP) is 5.56. The molecule has 3 aromatic rings. The molecule has 1 spiro atoms. The van der Waals surface area contributed by atoms with E-state index in [4.69, 9.17) is 21.1 Å². The van der Waals surface area contributed by atoms with E-state index in [0.717, 1.165) is 36.5 Å². The molecule has 1 aromatic heterocycles. The normalized spacial score (nSPS) is 34.5. The predicted molar refractivity (Wildman–Crippen MR) is 195 cm³/mol. The van der Waals surface area contributed by atoms with E-state index in [1.807, 2.05) is 31.2 Å². The first kappa shape index (κ1) is 34.2. The molecule has 2 amide bonds. The van der Waals surface area contributed by atoms with Crippen LogP contribution in [-0.4, -0.2) is 69.1 Å². The number of hydrogen-bond acceptors (Lipinski definition) is 8. The van der Waals surface area contributed by atoms with Gasteiger partial charge in [0.25, 0.3) is 11.8 Å². The van der Waals surface area contributed by atoms with Crippen molar-refractivity contribution in [1.82, 2.24) is 14.5 Å². The fourth-order valence-corrected chi connectivity index (χ4v) is 10.8. The molecule has 8 rings (SSSR count). The number of allylic oxidation sites excluding steroid dienone is 1. The fourth-order valence-electron chi connectivity index (χ4n) is 8.78. The lowest BCUT2D eigenvalue weighted by Gasteiger charge is -2.41. The van der Waals surface area contributed by atoms with Crippen LogP contribution in [0.15, 0.2) is 59.1 Å². The molecule has 270 valence electrons. The summed E-state index contributed by atoms with van der Waals surface area (Å²) in [4.78, 5) is 30.0. The van der Waals surface area contributed by atoms with Crippen molar-refractivity contribution in [2.45, 2.75) is 56.8 Å². The topological polar surface area (TPSA) is 135 Å². The molecule has 13 heteroatoms. The standard InChI is InChI=1S/C38H44ClN5O6S/c1-21-6-5-7-32(45)34-30-16-38(30,34)20-44-18-28-25(9-8-23-14-26(39)11-12-27(23)28)19-50-33-13-10-24(15-31(33)44)35(46)41-51(48,22(21)2)42-36(47)29-17-43(3)40-37(29)49-4/h5,7,10-15,17,21-22,25,28,30,32,34,45H,6,8-9,16,18-20H2,1-4H3,(H,41,42,46,47,48)/b7-5+/t21-,22+,25?,28?,30?,32-,34-,38+,51?/m0/s1. The molecule has 0 saturated heterocycles. The van der Waals surface area contributed by atoms with Gasteiger partial charge in [-0.3, -0.25) is 19.0 Å². The van der Waals surface area contributed by atoms with Gasteiger partial charge in [0.05, 0.1) is 30.8 Å². The summed E-state index contributed by atoms with van der Waals surface area (Å²) in [6, 6.07) is 11.4. The maximum absolute atomic E-state index is 14.8. The second-order valence-electron chi connectivity index (χ2n) is 15.2. The molecule has 2 aromatic carbocycles. The first-order chi connectivity index (χ1) is 24.4. The highest BCUT2D eigenvalue weighted by Crippen LogP contribution is 2.81. The number of aliphatic hydroxyl groups is 1. The molecule has 2 bridgehead atoms. The van der Waals surface area contributed by atoms with Gasteiger partial charge in [-0.2, -0.15) is 0 Å². The Hall–Kier alpha value is -3.87. The Morgan fingerprint density at radius 1 is 1.22 bits per heavy atom. The van der Waals surface area contributed by atoms with Crippen LogP contribution in [0.25, 0.3) is 0 Å². The molecule has 9 atom stereocenters. The van der Waals surface area contributed by atoms with Crippen LogP contribution in [0.3, 0.4) is 0 Å². The third-order valence-electron chi connectivity index (χ3n) is 12.1. The number of aromatic nitrogens is 2. The van der Waals surface area contributed by atoms with Crippen molar-refractivity contribution in [3.05, 3.63) is 82.0 Å². The van der Waals surface area contributed by atoms with Gasteiger partial charge in [0.1, 0.15) is 21.2 Å². The van der Waals surface area contributed by atoms with E-state index >= 15 is 0 Å². The van der Waals surface area contributed by atoms with Crippen LogP contribution in [0.2, 0.25) is 5.02 Å². The molecular weight excluding hydrogens is 690 g/mol. The van der Waals surface area contributed by atoms with E-state index in [9.17, 15) is 18.9 Å². The summed E-state index contributed by atoms with van der Waals surface area (Å²) >= 11 is 6.42. The zero-order chi connectivity index (χ0) is 35.8. The molecule has 2 N–H and O–H groups in total. The van der Waals surface area contributed by atoms with Crippen molar-refractivity contribution < 1.29 is 28.4 Å². The molecule has 2 fully saturated rings. The van der Waals surface area contributed by atoms with Crippen LogP contribution in [0, 0.1) is 29.1 Å². The molecule has 4 unspecified atom stereocenters. The van der Waals surface area contributed by atoms with Gasteiger partial charge in [-0.1, -0.05) is 36.7 Å². The smallest absolute Gasteiger partial charge is 0.286 e. The Balaban J connectivity index is 1.21. The summed E-state index contributed by atoms with van der Waals surface area (Å²) < 4.78 is 35.0. The number of nitrogens with zero attached hydrogens (tertiary/aromatic N) is 4. The number of nitrogens with one attached hydrogen (secondary N) is 1. The summed E-state index contributed by atoms with van der Waals surface area (Å²) in [6.45, 7) is 5.61. The summed E-state index contributed by atoms with van der Waals surface area (Å²) in [5.74, 6) is 0.159. The van der Waals surface area contributed by atoms with E-state index in [1.165, 1.54) is 29.1 Å². The minimum Gasteiger partial charge on any atom is -0.491 e. The maximum Gasteiger partial charge on any atom is 0.286 e. The largest absolute Gasteiger partial charge is 0.491 e. The van der Waals surface area contributed by atoms with Crippen molar-refractivity contribution in [1.29, 1.82) is 0 Å². The third-order valence-corrected chi connectivity index (χ3v) is 14.8. The lowest BCUT2D eigenvalue weighted by molar-refractivity contribution is 0.0979. The first-order valence-electron chi connectivity index (χ1n) is 17.8. The van der Waals surface area contributed by atoms with Gasteiger partial charge >= 0.3 is 0 Å². The Morgan fingerprint density at radius 3 is 2.82 bits per heavy atom.